The molecule has 0 aliphatic heterocycles. The Morgan fingerprint density at radius 1 is 1.12 bits per heavy atom. The molecule has 7 nitrogen and oxygen atoms in total. The summed E-state index contributed by atoms with van der Waals surface area (Å²) in [6.07, 6.45) is 3.38. The Labute approximate surface area is 150 Å². The van der Waals surface area contributed by atoms with Crippen molar-refractivity contribution in [3.63, 3.8) is 0 Å². The molecule has 2 aromatic heterocycles. The van der Waals surface area contributed by atoms with Gasteiger partial charge in [-0.1, -0.05) is 25.1 Å². The summed E-state index contributed by atoms with van der Waals surface area (Å²) >= 11 is 0. The molecule has 26 heavy (non-hydrogen) atoms. The largest absolute Gasteiger partial charge is 0.336 e. The molecular formula is C19H20N4O3. The van der Waals surface area contributed by atoms with Crippen molar-refractivity contribution in [2.45, 2.75) is 33.1 Å². The average molecular weight is 352 g/mol. The molecule has 134 valence electrons. The van der Waals surface area contributed by atoms with Crippen LogP contribution in [0.15, 0.2) is 41.1 Å². The standard InChI is InChI=1S/C19H20N4O3/c1-3-6-17(24)21-13-7-5-8-14(10-13)22-18(25)12-9-15-16(4-2)23-26-19(15)20-11-12/h5,7-11H,3-4,6H2,1-2H3,(H,21,24)(H,22,25). The summed E-state index contributed by atoms with van der Waals surface area (Å²) in [4.78, 5) is 28.4. The minimum absolute atomic E-state index is 0.0508. The second-order valence-electron chi connectivity index (χ2n) is 5.89. The number of anilines is 2. The summed E-state index contributed by atoms with van der Waals surface area (Å²) in [5, 5.41) is 10.3. The lowest BCUT2D eigenvalue weighted by atomic mass is 10.1. The first kappa shape index (κ1) is 17.6. The number of pyridine rings is 1. The zero-order valence-corrected chi connectivity index (χ0v) is 14.7. The van der Waals surface area contributed by atoms with Gasteiger partial charge in [0.2, 0.25) is 5.91 Å². The lowest BCUT2D eigenvalue weighted by Gasteiger charge is -2.08. The summed E-state index contributed by atoms with van der Waals surface area (Å²) in [7, 11) is 0. The van der Waals surface area contributed by atoms with E-state index < -0.39 is 0 Å². The van der Waals surface area contributed by atoms with Gasteiger partial charge in [0, 0.05) is 24.0 Å². The fraction of sp³-hybridized carbons (Fsp3) is 0.263. The molecule has 0 spiro atoms. The smallest absolute Gasteiger partial charge is 0.257 e. The number of nitrogens with one attached hydrogen (secondary N) is 2. The number of benzene rings is 1. The number of aryl methyl sites for hydroxylation is 1. The van der Waals surface area contributed by atoms with Gasteiger partial charge in [-0.3, -0.25) is 9.59 Å². The second-order valence-corrected chi connectivity index (χ2v) is 5.89. The molecule has 1 aromatic carbocycles. The maximum absolute atomic E-state index is 12.5. The third-order valence-corrected chi connectivity index (χ3v) is 3.88. The molecule has 0 saturated heterocycles. The second kappa shape index (κ2) is 7.77. The highest BCUT2D eigenvalue weighted by atomic mass is 16.5. The van der Waals surface area contributed by atoms with Gasteiger partial charge in [-0.05, 0) is 37.1 Å². The first-order valence-electron chi connectivity index (χ1n) is 8.56. The Hall–Kier alpha value is -3.22. The van der Waals surface area contributed by atoms with Crippen LogP contribution in [0.4, 0.5) is 11.4 Å². The van der Waals surface area contributed by atoms with Gasteiger partial charge in [0.1, 0.15) is 0 Å². The Morgan fingerprint density at radius 2 is 1.88 bits per heavy atom. The van der Waals surface area contributed by atoms with Crippen LogP contribution in [0, 0.1) is 0 Å². The molecule has 0 saturated carbocycles. The van der Waals surface area contributed by atoms with E-state index in [-0.39, 0.29) is 11.8 Å². The number of hydrogen-bond donors (Lipinski definition) is 2. The molecule has 0 aliphatic carbocycles. The van der Waals surface area contributed by atoms with Gasteiger partial charge < -0.3 is 15.2 Å². The third-order valence-electron chi connectivity index (χ3n) is 3.88. The first-order chi connectivity index (χ1) is 12.6. The highest BCUT2D eigenvalue weighted by molar-refractivity contribution is 6.06. The highest BCUT2D eigenvalue weighted by Crippen LogP contribution is 2.20. The van der Waals surface area contributed by atoms with Crippen LogP contribution in [0.2, 0.25) is 0 Å². The van der Waals surface area contributed by atoms with Gasteiger partial charge in [-0.2, -0.15) is 0 Å². The van der Waals surface area contributed by atoms with Crippen molar-refractivity contribution < 1.29 is 14.1 Å². The van der Waals surface area contributed by atoms with Crippen LogP contribution < -0.4 is 10.6 Å². The van der Waals surface area contributed by atoms with Gasteiger partial charge in [0.15, 0.2) is 0 Å². The molecule has 7 heteroatoms. The predicted molar refractivity (Wildman–Crippen MR) is 99.1 cm³/mol. The highest BCUT2D eigenvalue weighted by Gasteiger charge is 2.13. The number of hydrogen-bond acceptors (Lipinski definition) is 5. The Morgan fingerprint density at radius 3 is 2.62 bits per heavy atom. The van der Waals surface area contributed by atoms with Crippen molar-refractivity contribution >= 4 is 34.3 Å². The molecule has 0 bridgehead atoms. The number of carbonyl (C=O) groups excluding carboxylic acids is 2. The molecule has 0 unspecified atom stereocenters. The number of rotatable bonds is 6. The van der Waals surface area contributed by atoms with Gasteiger partial charge >= 0.3 is 0 Å². The molecule has 0 radical (unpaired) electrons. The zero-order chi connectivity index (χ0) is 18.5. The molecule has 2 amide bonds. The number of fused-ring (bicyclic) bond motifs is 1. The lowest BCUT2D eigenvalue weighted by Crippen LogP contribution is -2.13. The van der Waals surface area contributed by atoms with E-state index in [2.05, 4.69) is 20.8 Å². The first-order valence-corrected chi connectivity index (χ1v) is 8.56. The molecule has 3 rings (SSSR count). The van der Waals surface area contributed by atoms with Crippen molar-refractivity contribution in [1.82, 2.24) is 10.1 Å². The van der Waals surface area contributed by atoms with Crippen molar-refractivity contribution in [3.05, 3.63) is 47.8 Å². The zero-order valence-electron chi connectivity index (χ0n) is 14.7. The maximum Gasteiger partial charge on any atom is 0.257 e. The lowest BCUT2D eigenvalue weighted by molar-refractivity contribution is -0.116. The van der Waals surface area contributed by atoms with E-state index >= 15 is 0 Å². The molecule has 2 N–H and O–H groups in total. The predicted octanol–water partition coefficient (Wildman–Crippen LogP) is 3.78. The normalized spacial score (nSPS) is 10.7. The fourth-order valence-corrected chi connectivity index (χ4v) is 2.59. The topological polar surface area (TPSA) is 97.1 Å². The van der Waals surface area contributed by atoms with Crippen LogP contribution in [0.25, 0.3) is 11.1 Å². The minimum atomic E-state index is -0.292. The quantitative estimate of drug-likeness (QED) is 0.704. The SMILES string of the molecule is CCCC(=O)Nc1cccc(NC(=O)c2cnc3onc(CC)c3c2)c1. The molecule has 0 atom stereocenters. The molecule has 3 aromatic rings. The van der Waals surface area contributed by atoms with E-state index in [4.69, 9.17) is 4.52 Å². The van der Waals surface area contributed by atoms with Gasteiger partial charge in [0.05, 0.1) is 16.6 Å². The van der Waals surface area contributed by atoms with Crippen molar-refractivity contribution in [2.75, 3.05) is 10.6 Å². The third kappa shape index (κ3) is 3.88. The number of carbonyl (C=O) groups is 2. The minimum Gasteiger partial charge on any atom is -0.336 e. The van der Waals surface area contributed by atoms with Crippen LogP contribution in [-0.4, -0.2) is 22.0 Å². The molecule has 0 fully saturated rings. The summed E-state index contributed by atoms with van der Waals surface area (Å²) in [6.45, 7) is 3.91. The fourth-order valence-electron chi connectivity index (χ4n) is 2.59. The Bertz CT molecular complexity index is 949. The van der Waals surface area contributed by atoms with Crippen LogP contribution in [0.3, 0.4) is 0 Å². The van der Waals surface area contributed by atoms with Crippen molar-refractivity contribution in [2.24, 2.45) is 0 Å². The van der Waals surface area contributed by atoms with Crippen LogP contribution in [0.5, 0.6) is 0 Å². The van der Waals surface area contributed by atoms with Crippen LogP contribution in [-0.2, 0) is 11.2 Å². The van der Waals surface area contributed by atoms with Crippen molar-refractivity contribution in [3.8, 4) is 0 Å². The monoisotopic (exact) mass is 352 g/mol. The van der Waals surface area contributed by atoms with Gasteiger partial charge in [0.25, 0.3) is 11.6 Å². The summed E-state index contributed by atoms with van der Waals surface area (Å²) < 4.78 is 5.13. The molecule has 0 aliphatic rings. The van der Waals surface area contributed by atoms with Gasteiger partial charge in [-0.25, -0.2) is 4.98 Å². The summed E-state index contributed by atoms with van der Waals surface area (Å²) in [5.74, 6) is -0.343. The van der Waals surface area contributed by atoms with Crippen LogP contribution in [0.1, 0.15) is 42.7 Å². The van der Waals surface area contributed by atoms with E-state index in [0.717, 1.165) is 17.5 Å². The van der Waals surface area contributed by atoms with E-state index in [1.54, 1.807) is 30.3 Å². The molecular weight excluding hydrogens is 332 g/mol. The van der Waals surface area contributed by atoms with E-state index in [1.165, 1.54) is 6.20 Å². The van der Waals surface area contributed by atoms with Crippen LogP contribution >= 0.6 is 0 Å². The Balaban J connectivity index is 1.76. The van der Waals surface area contributed by atoms with E-state index in [9.17, 15) is 9.59 Å². The summed E-state index contributed by atoms with van der Waals surface area (Å²) in [5.41, 5.74) is 2.82. The van der Waals surface area contributed by atoms with Crippen molar-refractivity contribution in [1.29, 1.82) is 0 Å². The maximum atomic E-state index is 12.5. The number of aromatic nitrogens is 2. The average Bonchev–Trinajstić information content (AvgIpc) is 3.04. The van der Waals surface area contributed by atoms with E-state index in [1.807, 2.05) is 13.8 Å². The molecule has 2 heterocycles. The Kier molecular flexibility index (Phi) is 5.26. The number of amides is 2. The van der Waals surface area contributed by atoms with E-state index in [0.29, 0.717) is 35.5 Å². The number of nitrogens with zero attached hydrogens (tertiary/aromatic N) is 2. The summed E-state index contributed by atoms with van der Waals surface area (Å²) in [6, 6.07) is 8.75. The van der Waals surface area contributed by atoms with Gasteiger partial charge in [-0.15, -0.1) is 0 Å².